The predicted molar refractivity (Wildman–Crippen MR) is 108 cm³/mol. The van der Waals surface area contributed by atoms with Crippen molar-refractivity contribution in [3.05, 3.63) is 75.8 Å². The van der Waals surface area contributed by atoms with Crippen LogP contribution in [-0.4, -0.2) is 23.2 Å². The minimum absolute atomic E-state index is 0.0579. The molecule has 1 heterocycles. The third-order valence-corrected chi connectivity index (χ3v) is 4.64. The van der Waals surface area contributed by atoms with E-state index in [1.54, 1.807) is 18.2 Å². The van der Waals surface area contributed by atoms with E-state index in [1.807, 2.05) is 0 Å². The van der Waals surface area contributed by atoms with Crippen molar-refractivity contribution >= 4 is 34.9 Å². The number of aromatic nitrogens is 1. The first-order valence-corrected chi connectivity index (χ1v) is 9.05. The van der Waals surface area contributed by atoms with Crippen molar-refractivity contribution in [1.29, 1.82) is 0 Å². The third kappa shape index (κ3) is 5.07. The minimum atomic E-state index is -1.11. The van der Waals surface area contributed by atoms with Crippen LogP contribution in [0.1, 0.15) is 16.1 Å². The van der Waals surface area contributed by atoms with Crippen LogP contribution in [0.3, 0.4) is 0 Å². The molecule has 0 atom stereocenters. The number of carboxylic acids is 1. The van der Waals surface area contributed by atoms with Crippen LogP contribution < -0.4 is 14.8 Å². The van der Waals surface area contributed by atoms with Gasteiger partial charge in [0, 0.05) is 24.2 Å². The largest absolute Gasteiger partial charge is 0.493 e. The molecule has 0 aliphatic heterocycles. The van der Waals surface area contributed by atoms with Gasteiger partial charge in [-0.3, -0.25) is 0 Å². The molecular formula is C20H15Cl2FN2O4. The minimum Gasteiger partial charge on any atom is -0.493 e. The van der Waals surface area contributed by atoms with Gasteiger partial charge in [0.15, 0.2) is 11.5 Å². The number of carboxylic acid groups (broad SMARTS) is 1. The van der Waals surface area contributed by atoms with E-state index >= 15 is 0 Å². The summed E-state index contributed by atoms with van der Waals surface area (Å²) >= 11 is 12.3. The van der Waals surface area contributed by atoms with Gasteiger partial charge in [-0.05, 0) is 30.3 Å². The lowest BCUT2D eigenvalue weighted by molar-refractivity contribution is 0.0690. The van der Waals surface area contributed by atoms with Crippen LogP contribution in [0.15, 0.2) is 48.7 Å². The summed E-state index contributed by atoms with van der Waals surface area (Å²) in [5, 5.41) is 12.7. The summed E-state index contributed by atoms with van der Waals surface area (Å²) in [7, 11) is 1.41. The van der Waals surface area contributed by atoms with Crippen molar-refractivity contribution in [3.8, 4) is 17.2 Å². The van der Waals surface area contributed by atoms with Gasteiger partial charge >= 0.3 is 5.97 Å². The monoisotopic (exact) mass is 436 g/mol. The molecule has 0 spiro atoms. The molecular weight excluding hydrogens is 422 g/mol. The molecule has 150 valence electrons. The molecule has 3 aromatic rings. The number of hydrogen-bond donors (Lipinski definition) is 2. The maximum atomic E-state index is 13.4. The molecule has 0 fully saturated rings. The van der Waals surface area contributed by atoms with Gasteiger partial charge in [-0.2, -0.15) is 0 Å². The van der Waals surface area contributed by atoms with E-state index in [0.717, 1.165) is 0 Å². The van der Waals surface area contributed by atoms with Gasteiger partial charge in [0.2, 0.25) is 0 Å². The second-order valence-electron chi connectivity index (χ2n) is 5.86. The molecule has 29 heavy (non-hydrogen) atoms. The van der Waals surface area contributed by atoms with Crippen LogP contribution in [0.4, 0.5) is 10.1 Å². The van der Waals surface area contributed by atoms with Crippen molar-refractivity contribution in [3.63, 3.8) is 0 Å². The predicted octanol–water partition coefficient (Wildman–Crippen LogP) is 5.64. The van der Waals surface area contributed by atoms with Crippen LogP contribution in [0.25, 0.3) is 0 Å². The quantitative estimate of drug-likeness (QED) is 0.498. The molecule has 2 aromatic carbocycles. The molecule has 9 heteroatoms. The highest BCUT2D eigenvalue weighted by Crippen LogP contribution is 2.37. The summed E-state index contributed by atoms with van der Waals surface area (Å²) < 4.78 is 24.5. The molecule has 0 unspecified atom stereocenters. The Balaban J connectivity index is 1.85. The summed E-state index contributed by atoms with van der Waals surface area (Å²) in [6.45, 7) is 0.282. The Morgan fingerprint density at radius 1 is 1.10 bits per heavy atom. The molecule has 0 saturated carbocycles. The fourth-order valence-electron chi connectivity index (χ4n) is 2.47. The normalized spacial score (nSPS) is 10.5. The molecule has 2 N–H and O–H groups in total. The molecule has 1 aromatic heterocycles. The lowest BCUT2D eigenvalue weighted by Crippen LogP contribution is -2.04. The number of nitrogens with one attached hydrogen (secondary N) is 1. The molecule has 0 radical (unpaired) electrons. The van der Waals surface area contributed by atoms with Gasteiger partial charge in [0.1, 0.15) is 17.3 Å². The van der Waals surface area contributed by atoms with Crippen molar-refractivity contribution in [2.75, 3.05) is 12.4 Å². The first kappa shape index (κ1) is 20.7. The first-order valence-electron chi connectivity index (χ1n) is 8.30. The van der Waals surface area contributed by atoms with E-state index in [2.05, 4.69) is 10.3 Å². The zero-order valence-electron chi connectivity index (χ0n) is 15.1. The lowest BCUT2D eigenvalue weighted by Gasteiger charge is -2.16. The van der Waals surface area contributed by atoms with Gasteiger partial charge in [-0.15, -0.1) is 0 Å². The number of rotatable bonds is 7. The van der Waals surface area contributed by atoms with Gasteiger partial charge in [-0.25, -0.2) is 14.2 Å². The highest BCUT2D eigenvalue weighted by molar-refractivity contribution is 6.42. The Kier molecular flexibility index (Phi) is 6.41. The molecule has 0 saturated heterocycles. The average molecular weight is 437 g/mol. The fraction of sp³-hybridized carbons (Fsp3) is 0.100. The van der Waals surface area contributed by atoms with Crippen LogP contribution >= 0.6 is 23.2 Å². The number of anilines is 1. The molecule has 0 aliphatic carbocycles. The number of hydrogen-bond acceptors (Lipinski definition) is 5. The van der Waals surface area contributed by atoms with Crippen LogP contribution in [0.5, 0.6) is 17.2 Å². The Bertz CT molecular complexity index is 1050. The number of nitrogens with zero attached hydrogens (tertiary/aromatic N) is 1. The van der Waals surface area contributed by atoms with E-state index in [0.29, 0.717) is 32.8 Å². The van der Waals surface area contributed by atoms with E-state index in [4.69, 9.17) is 37.8 Å². The lowest BCUT2D eigenvalue weighted by atomic mass is 10.2. The van der Waals surface area contributed by atoms with Gasteiger partial charge in [0.05, 0.1) is 29.0 Å². The number of halogens is 3. The number of methoxy groups -OCH3 is 1. The SMILES string of the molecule is COc1cc(F)ccc1Oc1cc(Cl)c(Cl)cc1CNc1ccc(C(=O)O)nc1. The number of carbonyl (C=O) groups is 1. The Morgan fingerprint density at radius 3 is 2.52 bits per heavy atom. The van der Waals surface area contributed by atoms with E-state index in [-0.39, 0.29) is 18.0 Å². The molecule has 3 rings (SSSR count). The van der Waals surface area contributed by atoms with Crippen molar-refractivity contribution in [1.82, 2.24) is 4.98 Å². The average Bonchev–Trinajstić information content (AvgIpc) is 2.71. The summed E-state index contributed by atoms with van der Waals surface area (Å²) in [4.78, 5) is 14.7. The zero-order chi connectivity index (χ0) is 21.0. The topological polar surface area (TPSA) is 80.7 Å². The van der Waals surface area contributed by atoms with Gasteiger partial charge < -0.3 is 19.9 Å². The summed E-state index contributed by atoms with van der Waals surface area (Å²) in [6.07, 6.45) is 1.41. The standard InChI is InChI=1S/C20H15Cl2FN2O4/c1-28-19-7-12(23)2-5-17(19)29-18-8-15(22)14(21)6-11(18)9-24-13-3-4-16(20(26)27)25-10-13/h2-8,10,24H,9H2,1H3,(H,26,27). The second-order valence-corrected chi connectivity index (χ2v) is 6.68. The molecule has 0 amide bonds. The Morgan fingerprint density at radius 2 is 1.86 bits per heavy atom. The maximum Gasteiger partial charge on any atom is 0.354 e. The molecule has 0 bridgehead atoms. The van der Waals surface area contributed by atoms with Gasteiger partial charge in [-0.1, -0.05) is 23.2 Å². The Labute approximate surface area is 175 Å². The van der Waals surface area contributed by atoms with Crippen molar-refractivity contribution in [2.45, 2.75) is 6.54 Å². The maximum absolute atomic E-state index is 13.4. The number of aromatic carboxylic acids is 1. The van der Waals surface area contributed by atoms with Crippen LogP contribution in [0, 0.1) is 5.82 Å². The van der Waals surface area contributed by atoms with E-state index < -0.39 is 11.8 Å². The van der Waals surface area contributed by atoms with E-state index in [9.17, 15) is 9.18 Å². The highest BCUT2D eigenvalue weighted by atomic mass is 35.5. The van der Waals surface area contributed by atoms with Crippen LogP contribution in [0.2, 0.25) is 10.0 Å². The summed E-state index contributed by atoms with van der Waals surface area (Å²) in [5.74, 6) is -0.635. The molecule has 6 nitrogen and oxygen atoms in total. The third-order valence-electron chi connectivity index (χ3n) is 3.91. The number of benzene rings is 2. The molecule has 0 aliphatic rings. The highest BCUT2D eigenvalue weighted by Gasteiger charge is 2.14. The smallest absolute Gasteiger partial charge is 0.354 e. The van der Waals surface area contributed by atoms with E-state index in [1.165, 1.54) is 37.6 Å². The van der Waals surface area contributed by atoms with Crippen LogP contribution in [-0.2, 0) is 6.54 Å². The number of ether oxygens (including phenoxy) is 2. The second kappa shape index (κ2) is 8.98. The summed E-state index contributed by atoms with van der Waals surface area (Å²) in [6, 6.07) is 10.1. The zero-order valence-corrected chi connectivity index (χ0v) is 16.6. The number of pyridine rings is 1. The van der Waals surface area contributed by atoms with Crippen molar-refractivity contribution in [2.24, 2.45) is 0 Å². The van der Waals surface area contributed by atoms with Gasteiger partial charge in [0.25, 0.3) is 0 Å². The Hall–Kier alpha value is -3.03. The first-order chi connectivity index (χ1) is 13.9. The van der Waals surface area contributed by atoms with Crippen molar-refractivity contribution < 1.29 is 23.8 Å². The fourth-order valence-corrected chi connectivity index (χ4v) is 2.81. The summed E-state index contributed by atoms with van der Waals surface area (Å²) in [5.41, 5.74) is 1.21.